The van der Waals surface area contributed by atoms with Crippen LogP contribution in [0.5, 0.6) is 0 Å². The molecule has 4 nitrogen and oxygen atoms in total. The van der Waals surface area contributed by atoms with Crippen LogP contribution in [0.3, 0.4) is 0 Å². The first-order valence-corrected chi connectivity index (χ1v) is 18.6. The molecule has 204 valence electrons. The summed E-state index contributed by atoms with van der Waals surface area (Å²) in [5.74, 6) is 0. The number of carbonyl (C=O) groups is 1. The van der Waals surface area contributed by atoms with Crippen molar-refractivity contribution in [2.45, 2.75) is 96.3 Å². The van der Waals surface area contributed by atoms with Gasteiger partial charge in [0.1, 0.15) is 0 Å². The summed E-state index contributed by atoms with van der Waals surface area (Å²) in [6.07, 6.45) is 20.7. The van der Waals surface area contributed by atoms with E-state index in [1.807, 2.05) is 24.3 Å². The molecule has 0 aliphatic carbocycles. The van der Waals surface area contributed by atoms with E-state index in [0.29, 0.717) is 7.51 Å². The van der Waals surface area contributed by atoms with E-state index in [9.17, 15) is 4.79 Å². The van der Waals surface area contributed by atoms with Gasteiger partial charge in [0.2, 0.25) is 0 Å². The number of quaternary nitrogens is 1. The van der Waals surface area contributed by atoms with E-state index in [4.69, 9.17) is 5.41 Å². The van der Waals surface area contributed by atoms with Crippen molar-refractivity contribution >= 4 is 27.3 Å². The molecule has 0 radical (unpaired) electrons. The second-order valence-corrected chi connectivity index (χ2v) is 16.9. The minimum atomic E-state index is -1.96. The van der Waals surface area contributed by atoms with E-state index in [0.717, 1.165) is 26.5 Å². The summed E-state index contributed by atoms with van der Waals surface area (Å²) in [5, 5.41) is 8.47. The van der Waals surface area contributed by atoms with E-state index in [-0.39, 0.29) is 0 Å². The van der Waals surface area contributed by atoms with Gasteiger partial charge in [0.05, 0.1) is 0 Å². The van der Waals surface area contributed by atoms with Crippen molar-refractivity contribution in [3.05, 3.63) is 35.4 Å². The fraction of sp³-hybridized carbons (Fsp3) is 0.742. The van der Waals surface area contributed by atoms with Crippen LogP contribution in [0.2, 0.25) is 0 Å². The van der Waals surface area contributed by atoms with Crippen molar-refractivity contribution in [1.82, 2.24) is 4.90 Å². The number of alkyl halides is 1. The number of halogens is 1. The molecule has 1 aromatic rings. The molecular formula is C31H53IN3O+. The van der Waals surface area contributed by atoms with E-state index in [1.165, 1.54) is 123 Å². The van der Waals surface area contributed by atoms with Gasteiger partial charge in [-0.3, -0.25) is 0 Å². The number of unbranched alkanes of at least 4 members (excludes halogenated alkanes) is 10. The molecule has 0 spiro atoms. The predicted octanol–water partition coefficient (Wildman–Crippen LogP) is 7.92. The molecule has 2 aliphatic rings. The summed E-state index contributed by atoms with van der Waals surface area (Å²) in [7, 11) is 4.73. The van der Waals surface area contributed by atoms with Gasteiger partial charge in [0.25, 0.3) is 0 Å². The average molecular weight is 611 g/mol. The maximum absolute atomic E-state index is 12.7. The predicted molar refractivity (Wildman–Crippen MR) is 164 cm³/mol. The van der Waals surface area contributed by atoms with Crippen LogP contribution in [-0.2, 0) is 0 Å². The summed E-state index contributed by atoms with van der Waals surface area (Å²) in [6, 6.07) is 7.77. The monoisotopic (exact) mass is 610 g/mol. The molecular weight excluding hydrogens is 557 g/mol. The molecule has 1 saturated heterocycles. The molecule has 0 atom stereocenters. The summed E-state index contributed by atoms with van der Waals surface area (Å²) < 4.78 is 3.09. The van der Waals surface area contributed by atoms with Gasteiger partial charge in [-0.05, 0) is 38.9 Å². The second kappa shape index (κ2) is 16.2. The summed E-state index contributed by atoms with van der Waals surface area (Å²) in [4.78, 5) is 15.4. The Morgan fingerprint density at radius 3 is 1.89 bits per heavy atom. The average Bonchev–Trinajstić information content (AvgIpc) is 3.12. The van der Waals surface area contributed by atoms with Crippen molar-refractivity contribution in [3.8, 4) is 0 Å². The van der Waals surface area contributed by atoms with Crippen LogP contribution in [0, 0.1) is 5.41 Å². The number of carbonyl (C=O) groups excluding carboxylic acids is 1. The molecule has 2 aliphatic heterocycles. The Kier molecular flexibility index (Phi) is 13.4. The Hall–Kier alpha value is -0.790. The van der Waals surface area contributed by atoms with Crippen molar-refractivity contribution in [3.63, 3.8) is 0 Å². The van der Waals surface area contributed by atoms with Crippen LogP contribution < -0.4 is 0 Å². The summed E-state index contributed by atoms with van der Waals surface area (Å²) in [5.41, 5.74) is 1.75. The fourth-order valence-corrected chi connectivity index (χ4v) is 10.9. The Morgan fingerprint density at radius 1 is 0.750 bits per heavy atom. The van der Waals surface area contributed by atoms with Gasteiger partial charge in [-0.1, -0.05) is 25.7 Å². The molecule has 3 rings (SSSR count). The Balaban J connectivity index is 1.12. The fourth-order valence-electron chi connectivity index (χ4n) is 5.71. The molecule has 0 saturated carbocycles. The third kappa shape index (κ3) is 10.2. The van der Waals surface area contributed by atoms with Gasteiger partial charge in [0, 0.05) is 0 Å². The molecule has 0 unspecified atom stereocenters. The number of fused-ring (bicyclic) bond motifs is 1. The SMILES string of the molecule is C[N+](C)(CCCCCCCCCCCCN1CCCCC1)CCCCI1C(=N)c2ccccc2C1=O. The van der Waals surface area contributed by atoms with E-state index in [2.05, 4.69) is 19.0 Å². The van der Waals surface area contributed by atoms with Gasteiger partial charge >= 0.3 is 160 Å². The minimum absolute atomic E-state index is 0.321. The zero-order valence-electron chi connectivity index (χ0n) is 23.3. The Labute approximate surface area is 229 Å². The standard InChI is InChI=1S/C31H53IN3O/c1-35(2,27-19-14-22-32-30(33)28-20-12-13-21-29(28)31(32)36)26-18-10-8-6-4-3-5-7-9-15-23-34-24-16-11-17-25-34/h12-13,20-21,33H,3-11,14-19,22-27H2,1-2H3/q+1. The number of rotatable bonds is 18. The summed E-state index contributed by atoms with van der Waals surface area (Å²) in [6.45, 7) is 6.50. The van der Waals surface area contributed by atoms with Crippen LogP contribution in [0.1, 0.15) is 112 Å². The third-order valence-corrected chi connectivity index (χ3v) is 13.6. The van der Waals surface area contributed by atoms with Crippen molar-refractivity contribution in [2.24, 2.45) is 0 Å². The quantitative estimate of drug-likeness (QED) is 0.0604. The van der Waals surface area contributed by atoms with Crippen LogP contribution in [-0.4, -0.2) is 68.1 Å². The Morgan fingerprint density at radius 2 is 1.28 bits per heavy atom. The number of hydrogen-bond acceptors (Lipinski definition) is 3. The maximum atomic E-state index is 12.7. The van der Waals surface area contributed by atoms with Crippen LogP contribution in [0.25, 0.3) is 0 Å². The molecule has 1 aromatic carbocycles. The molecule has 1 N–H and O–H groups in total. The molecule has 1 fully saturated rings. The van der Waals surface area contributed by atoms with Gasteiger partial charge in [-0.25, -0.2) is 0 Å². The van der Waals surface area contributed by atoms with Gasteiger partial charge in [-0.15, -0.1) is 0 Å². The number of nitrogens with one attached hydrogen (secondary N) is 1. The van der Waals surface area contributed by atoms with Crippen molar-refractivity contribution in [1.29, 1.82) is 5.41 Å². The molecule has 5 heteroatoms. The summed E-state index contributed by atoms with van der Waals surface area (Å²) >= 11 is -1.96. The molecule has 0 aromatic heterocycles. The molecule has 2 heterocycles. The van der Waals surface area contributed by atoms with Crippen LogP contribution in [0.4, 0.5) is 0 Å². The number of likely N-dealkylation sites (tertiary alicyclic amines) is 1. The van der Waals surface area contributed by atoms with E-state index >= 15 is 0 Å². The van der Waals surface area contributed by atoms with Gasteiger partial charge < -0.3 is 4.90 Å². The van der Waals surface area contributed by atoms with E-state index in [1.54, 1.807) is 0 Å². The zero-order valence-corrected chi connectivity index (χ0v) is 25.5. The molecule has 0 amide bonds. The number of hydrogen-bond donors (Lipinski definition) is 1. The van der Waals surface area contributed by atoms with Crippen LogP contribution >= 0.6 is 19.8 Å². The zero-order chi connectivity index (χ0) is 25.6. The number of piperidine rings is 1. The topological polar surface area (TPSA) is 44.2 Å². The normalized spacial score (nSPS) is 17.7. The third-order valence-electron chi connectivity index (χ3n) is 8.08. The Bertz CT molecular complexity index is 768. The number of nitrogens with zero attached hydrogens (tertiary/aromatic N) is 2. The number of benzene rings is 1. The van der Waals surface area contributed by atoms with Crippen LogP contribution in [0.15, 0.2) is 24.3 Å². The second-order valence-electron chi connectivity index (χ2n) is 11.7. The van der Waals surface area contributed by atoms with Gasteiger partial charge in [-0.2, -0.15) is 0 Å². The van der Waals surface area contributed by atoms with E-state index < -0.39 is 19.8 Å². The van der Waals surface area contributed by atoms with Crippen molar-refractivity contribution in [2.75, 3.05) is 51.2 Å². The first-order valence-electron chi connectivity index (χ1n) is 14.9. The molecule has 0 bridgehead atoms. The first-order chi connectivity index (χ1) is 17.5. The first kappa shape index (κ1) is 29.8. The van der Waals surface area contributed by atoms with Crippen molar-refractivity contribution < 1.29 is 9.28 Å². The molecule has 36 heavy (non-hydrogen) atoms. The van der Waals surface area contributed by atoms with Gasteiger partial charge in [0.15, 0.2) is 0 Å².